The minimum Gasteiger partial charge on any atom is -0.383 e. The Hall–Kier alpha value is -1.46. The van der Waals surface area contributed by atoms with Gasteiger partial charge in [0.2, 0.25) is 0 Å². The van der Waals surface area contributed by atoms with Gasteiger partial charge in [0.25, 0.3) is 5.91 Å². The normalized spacial score (nSPS) is 18.0. The van der Waals surface area contributed by atoms with Crippen molar-refractivity contribution < 1.29 is 13.9 Å². The van der Waals surface area contributed by atoms with E-state index in [9.17, 15) is 9.18 Å². The second-order valence-corrected chi connectivity index (χ2v) is 5.50. The van der Waals surface area contributed by atoms with Crippen molar-refractivity contribution in [1.29, 1.82) is 0 Å². The number of hydrogen-bond acceptors (Lipinski definition) is 3. The Morgan fingerprint density at radius 1 is 1.52 bits per heavy atom. The Balaban J connectivity index is 2.09. The van der Waals surface area contributed by atoms with E-state index in [2.05, 4.69) is 5.32 Å². The van der Waals surface area contributed by atoms with E-state index in [4.69, 9.17) is 4.74 Å². The predicted molar refractivity (Wildman–Crippen MR) is 79.9 cm³/mol. The Morgan fingerprint density at radius 2 is 2.33 bits per heavy atom. The Morgan fingerprint density at radius 3 is 2.95 bits per heavy atom. The molecule has 0 radical (unpaired) electrons. The van der Waals surface area contributed by atoms with Crippen molar-refractivity contribution in [3.63, 3.8) is 0 Å². The number of halogens is 1. The van der Waals surface area contributed by atoms with Gasteiger partial charge < -0.3 is 15.0 Å². The van der Waals surface area contributed by atoms with E-state index in [0.717, 1.165) is 19.4 Å². The van der Waals surface area contributed by atoms with E-state index in [0.29, 0.717) is 36.9 Å². The van der Waals surface area contributed by atoms with Gasteiger partial charge in [0, 0.05) is 31.8 Å². The molecule has 1 fully saturated rings. The van der Waals surface area contributed by atoms with Crippen molar-refractivity contribution in [1.82, 2.24) is 10.2 Å². The van der Waals surface area contributed by atoms with Crippen LogP contribution in [0.1, 0.15) is 28.8 Å². The first-order valence-corrected chi connectivity index (χ1v) is 7.39. The lowest BCUT2D eigenvalue weighted by atomic mass is 10.1. The fraction of sp³-hybridized carbons (Fsp3) is 0.562. The predicted octanol–water partition coefficient (Wildman–Crippen LogP) is 1.97. The van der Waals surface area contributed by atoms with E-state index >= 15 is 0 Å². The molecular weight excluding hydrogens is 271 g/mol. The van der Waals surface area contributed by atoms with E-state index in [-0.39, 0.29) is 11.7 Å². The van der Waals surface area contributed by atoms with Gasteiger partial charge in [-0.15, -0.1) is 0 Å². The number of methoxy groups -OCH3 is 1. The fourth-order valence-electron chi connectivity index (χ4n) is 2.56. The van der Waals surface area contributed by atoms with Gasteiger partial charge in [0.15, 0.2) is 0 Å². The minimum absolute atomic E-state index is 0.139. The summed E-state index contributed by atoms with van der Waals surface area (Å²) in [6, 6.07) is 4.97. The maximum absolute atomic E-state index is 13.7. The van der Waals surface area contributed by atoms with Crippen LogP contribution in [-0.4, -0.2) is 50.2 Å². The van der Waals surface area contributed by atoms with Gasteiger partial charge in [-0.1, -0.05) is 6.07 Å². The van der Waals surface area contributed by atoms with Crippen LogP contribution in [0.3, 0.4) is 0 Å². The standard InChI is InChI=1S/C16H23FN2O2/c1-12-5-6-13(10-15(12)17)16(20)19(8-9-21-2)11-14-4-3-7-18-14/h5-6,10,14,18H,3-4,7-9,11H2,1-2H3. The third-order valence-corrected chi connectivity index (χ3v) is 3.87. The van der Waals surface area contributed by atoms with Crippen molar-refractivity contribution >= 4 is 5.91 Å². The summed E-state index contributed by atoms with van der Waals surface area (Å²) in [5.41, 5.74) is 0.944. The van der Waals surface area contributed by atoms with Crippen molar-refractivity contribution in [2.75, 3.05) is 33.4 Å². The zero-order valence-corrected chi connectivity index (χ0v) is 12.7. The van der Waals surface area contributed by atoms with Crippen molar-refractivity contribution in [2.24, 2.45) is 0 Å². The molecule has 1 N–H and O–H groups in total. The smallest absolute Gasteiger partial charge is 0.254 e. The summed E-state index contributed by atoms with van der Waals surface area (Å²) in [4.78, 5) is 14.3. The molecule has 0 saturated carbocycles. The zero-order valence-electron chi connectivity index (χ0n) is 12.7. The van der Waals surface area contributed by atoms with Crippen molar-refractivity contribution in [3.05, 3.63) is 35.1 Å². The first kappa shape index (κ1) is 15.9. The zero-order chi connectivity index (χ0) is 15.2. The molecule has 0 aliphatic carbocycles. The van der Waals surface area contributed by atoms with Crippen LogP contribution < -0.4 is 5.32 Å². The highest BCUT2D eigenvalue weighted by molar-refractivity contribution is 5.94. The number of hydrogen-bond donors (Lipinski definition) is 1. The van der Waals surface area contributed by atoms with Gasteiger partial charge in [-0.3, -0.25) is 4.79 Å². The second kappa shape index (κ2) is 7.52. The molecule has 4 nitrogen and oxygen atoms in total. The molecule has 1 aromatic carbocycles. The van der Waals surface area contributed by atoms with Crippen LogP contribution >= 0.6 is 0 Å². The number of ether oxygens (including phenoxy) is 1. The number of benzene rings is 1. The highest BCUT2D eigenvalue weighted by Gasteiger charge is 2.22. The van der Waals surface area contributed by atoms with Crippen molar-refractivity contribution in [3.8, 4) is 0 Å². The number of aryl methyl sites for hydroxylation is 1. The first-order valence-electron chi connectivity index (χ1n) is 7.39. The van der Waals surface area contributed by atoms with Gasteiger partial charge in [-0.25, -0.2) is 4.39 Å². The summed E-state index contributed by atoms with van der Waals surface area (Å²) < 4.78 is 18.7. The Bertz CT molecular complexity index is 487. The molecule has 1 unspecified atom stereocenters. The lowest BCUT2D eigenvalue weighted by molar-refractivity contribution is 0.0679. The largest absolute Gasteiger partial charge is 0.383 e. The molecule has 1 aromatic rings. The maximum atomic E-state index is 13.7. The number of carbonyl (C=O) groups excluding carboxylic acids is 1. The molecule has 1 aliphatic rings. The average Bonchev–Trinajstić information content (AvgIpc) is 2.98. The van der Waals surface area contributed by atoms with Gasteiger partial charge in [0.05, 0.1) is 6.61 Å². The molecule has 1 aliphatic heterocycles. The molecule has 1 heterocycles. The van der Waals surface area contributed by atoms with Crippen LogP contribution in [0.4, 0.5) is 4.39 Å². The number of amides is 1. The molecule has 1 amide bonds. The average molecular weight is 294 g/mol. The maximum Gasteiger partial charge on any atom is 0.254 e. The third-order valence-electron chi connectivity index (χ3n) is 3.87. The molecule has 1 saturated heterocycles. The van der Waals surface area contributed by atoms with Crippen LogP contribution in [0.15, 0.2) is 18.2 Å². The Kier molecular flexibility index (Phi) is 5.70. The van der Waals surface area contributed by atoms with E-state index in [1.165, 1.54) is 6.07 Å². The van der Waals surface area contributed by atoms with Crippen LogP contribution in [0.5, 0.6) is 0 Å². The van der Waals surface area contributed by atoms with Crippen LogP contribution in [-0.2, 0) is 4.74 Å². The molecule has 1 atom stereocenters. The molecule has 0 bridgehead atoms. The van der Waals surface area contributed by atoms with Crippen LogP contribution in [0, 0.1) is 12.7 Å². The molecule has 21 heavy (non-hydrogen) atoms. The van der Waals surface area contributed by atoms with E-state index < -0.39 is 0 Å². The fourth-order valence-corrected chi connectivity index (χ4v) is 2.56. The van der Waals surface area contributed by atoms with Gasteiger partial charge in [-0.05, 0) is 44.0 Å². The lowest BCUT2D eigenvalue weighted by Crippen LogP contribution is -2.42. The number of nitrogens with zero attached hydrogens (tertiary/aromatic N) is 1. The quantitative estimate of drug-likeness (QED) is 0.872. The molecule has 0 spiro atoms. The van der Waals surface area contributed by atoms with Crippen LogP contribution in [0.25, 0.3) is 0 Å². The summed E-state index contributed by atoms with van der Waals surface area (Å²) >= 11 is 0. The van der Waals surface area contributed by atoms with Gasteiger partial charge in [-0.2, -0.15) is 0 Å². The molecule has 5 heteroatoms. The van der Waals surface area contributed by atoms with Crippen LogP contribution in [0.2, 0.25) is 0 Å². The molecule has 116 valence electrons. The van der Waals surface area contributed by atoms with E-state index in [1.54, 1.807) is 31.1 Å². The highest BCUT2D eigenvalue weighted by atomic mass is 19.1. The summed E-state index contributed by atoms with van der Waals surface area (Å²) in [6.07, 6.45) is 2.20. The second-order valence-electron chi connectivity index (χ2n) is 5.50. The summed E-state index contributed by atoms with van der Waals surface area (Å²) in [5, 5.41) is 3.38. The van der Waals surface area contributed by atoms with Crippen molar-refractivity contribution in [2.45, 2.75) is 25.8 Å². The summed E-state index contributed by atoms with van der Waals surface area (Å²) in [5.74, 6) is -0.480. The SMILES string of the molecule is COCCN(CC1CCCN1)C(=O)c1ccc(C)c(F)c1. The molecule has 0 aromatic heterocycles. The Labute approximate surface area is 125 Å². The van der Waals surface area contributed by atoms with Gasteiger partial charge in [0.1, 0.15) is 5.82 Å². The summed E-state index contributed by atoms with van der Waals surface area (Å²) in [7, 11) is 1.61. The lowest BCUT2D eigenvalue weighted by Gasteiger charge is -2.26. The third kappa shape index (κ3) is 4.25. The van der Waals surface area contributed by atoms with E-state index in [1.807, 2.05) is 0 Å². The number of nitrogens with one attached hydrogen (secondary N) is 1. The first-order chi connectivity index (χ1) is 10.1. The monoisotopic (exact) mass is 294 g/mol. The van der Waals surface area contributed by atoms with Gasteiger partial charge >= 0.3 is 0 Å². The highest BCUT2D eigenvalue weighted by Crippen LogP contribution is 2.14. The topological polar surface area (TPSA) is 41.6 Å². The number of carbonyl (C=O) groups is 1. The minimum atomic E-state index is -0.341. The molecular formula is C16H23FN2O2. The number of rotatable bonds is 6. The summed E-state index contributed by atoms with van der Waals surface area (Å²) in [6.45, 7) is 4.32. The molecule has 2 rings (SSSR count).